The first kappa shape index (κ1) is 12.8. The molecule has 0 radical (unpaired) electrons. The fourth-order valence-corrected chi connectivity index (χ4v) is 1.59. The lowest BCUT2D eigenvalue weighted by atomic mass is 10.1. The molecule has 3 nitrogen and oxygen atoms in total. The molecule has 0 aliphatic rings. The van der Waals surface area contributed by atoms with Crippen molar-refractivity contribution in [3.63, 3.8) is 0 Å². The van der Waals surface area contributed by atoms with E-state index in [1.54, 1.807) is 0 Å². The van der Waals surface area contributed by atoms with Gasteiger partial charge in [0.2, 0.25) is 0 Å². The molecule has 2 aromatic carbocycles. The van der Waals surface area contributed by atoms with Gasteiger partial charge in [-0.2, -0.15) is 5.26 Å². The summed E-state index contributed by atoms with van der Waals surface area (Å²) in [6.07, 6.45) is 0. The maximum atomic E-state index is 13.2. The van der Waals surface area contributed by atoms with Gasteiger partial charge in [0.25, 0.3) is 0 Å². The van der Waals surface area contributed by atoms with Crippen molar-refractivity contribution in [1.82, 2.24) is 0 Å². The number of hydrogen-bond donors (Lipinski definition) is 1. The van der Waals surface area contributed by atoms with Crippen LogP contribution in [0.4, 0.5) is 14.5 Å². The summed E-state index contributed by atoms with van der Waals surface area (Å²) >= 11 is 0. The molecule has 0 aromatic heterocycles. The molecule has 0 amide bonds. The highest BCUT2D eigenvalue weighted by Gasteiger charge is 2.05. The summed E-state index contributed by atoms with van der Waals surface area (Å²) < 4.78 is 31.5. The molecular formula is C14H10F2N2O. The third-order valence-electron chi connectivity index (χ3n) is 2.46. The number of benzene rings is 2. The van der Waals surface area contributed by atoms with Gasteiger partial charge in [0, 0.05) is 6.07 Å². The minimum absolute atomic E-state index is 0.0000926. The normalized spacial score (nSPS) is 9.95. The van der Waals surface area contributed by atoms with Gasteiger partial charge in [-0.3, -0.25) is 0 Å². The van der Waals surface area contributed by atoms with Gasteiger partial charge in [0.15, 0.2) is 0 Å². The van der Waals surface area contributed by atoms with Crippen molar-refractivity contribution in [3.8, 4) is 11.8 Å². The van der Waals surface area contributed by atoms with E-state index < -0.39 is 11.6 Å². The fraction of sp³-hybridized carbons (Fsp3) is 0.0714. The Hall–Kier alpha value is -2.61. The van der Waals surface area contributed by atoms with Crippen LogP contribution in [0.15, 0.2) is 36.4 Å². The topological polar surface area (TPSA) is 59.0 Å². The zero-order valence-electron chi connectivity index (χ0n) is 9.86. The monoisotopic (exact) mass is 260 g/mol. The quantitative estimate of drug-likeness (QED) is 0.863. The predicted octanol–water partition coefficient (Wildman–Crippen LogP) is 3.00. The van der Waals surface area contributed by atoms with Gasteiger partial charge in [-0.05, 0) is 35.9 Å². The second kappa shape index (κ2) is 5.36. The van der Waals surface area contributed by atoms with Gasteiger partial charge in [0.1, 0.15) is 24.0 Å². The maximum Gasteiger partial charge on any atom is 0.145 e. The first-order valence-corrected chi connectivity index (χ1v) is 5.46. The van der Waals surface area contributed by atoms with Crippen LogP contribution in [-0.2, 0) is 6.61 Å². The molecule has 0 aliphatic carbocycles. The molecule has 0 unspecified atom stereocenters. The van der Waals surface area contributed by atoms with E-state index in [0.717, 1.165) is 12.1 Å². The third kappa shape index (κ3) is 3.19. The Kier molecular flexibility index (Phi) is 3.62. The van der Waals surface area contributed by atoms with E-state index in [1.807, 2.05) is 6.07 Å². The van der Waals surface area contributed by atoms with Crippen LogP contribution < -0.4 is 10.5 Å². The van der Waals surface area contributed by atoms with E-state index in [0.29, 0.717) is 11.3 Å². The molecule has 19 heavy (non-hydrogen) atoms. The molecule has 0 saturated heterocycles. The highest BCUT2D eigenvalue weighted by Crippen LogP contribution is 2.23. The highest BCUT2D eigenvalue weighted by atomic mass is 19.1. The molecule has 0 aliphatic heterocycles. The minimum Gasteiger partial charge on any atom is -0.487 e. The number of hydrogen-bond acceptors (Lipinski definition) is 3. The zero-order valence-corrected chi connectivity index (χ0v) is 9.86. The molecule has 0 saturated carbocycles. The number of nitrogens with zero attached hydrogens (tertiary/aromatic N) is 1. The van der Waals surface area contributed by atoms with Crippen molar-refractivity contribution in [3.05, 3.63) is 59.2 Å². The van der Waals surface area contributed by atoms with E-state index in [2.05, 4.69) is 0 Å². The smallest absolute Gasteiger partial charge is 0.145 e. The van der Waals surface area contributed by atoms with Crippen molar-refractivity contribution < 1.29 is 13.5 Å². The summed E-state index contributed by atoms with van der Waals surface area (Å²) in [6.45, 7) is 0.0000926. The van der Waals surface area contributed by atoms with Crippen LogP contribution in [0, 0.1) is 23.0 Å². The van der Waals surface area contributed by atoms with Gasteiger partial charge in [-0.1, -0.05) is 0 Å². The molecule has 2 aromatic rings. The van der Waals surface area contributed by atoms with E-state index in [9.17, 15) is 8.78 Å². The predicted molar refractivity (Wildman–Crippen MR) is 66.3 cm³/mol. The highest BCUT2D eigenvalue weighted by molar-refractivity contribution is 5.52. The van der Waals surface area contributed by atoms with Crippen molar-refractivity contribution >= 4 is 5.69 Å². The number of nitrogens with two attached hydrogens (primary N) is 1. The van der Waals surface area contributed by atoms with Crippen molar-refractivity contribution in [2.75, 3.05) is 5.73 Å². The van der Waals surface area contributed by atoms with E-state index in [-0.39, 0.29) is 17.9 Å². The van der Waals surface area contributed by atoms with Crippen LogP contribution in [-0.4, -0.2) is 0 Å². The number of nitrogen functional groups attached to an aromatic ring is 1. The molecule has 2 N–H and O–H groups in total. The second-order valence-corrected chi connectivity index (χ2v) is 3.93. The number of halogens is 2. The minimum atomic E-state index is -0.523. The Morgan fingerprint density at radius 1 is 1.11 bits per heavy atom. The largest absolute Gasteiger partial charge is 0.487 e. The first-order valence-electron chi connectivity index (χ1n) is 5.46. The zero-order chi connectivity index (χ0) is 13.8. The van der Waals surface area contributed by atoms with Gasteiger partial charge in [-0.25, -0.2) is 8.78 Å². The number of anilines is 1. The van der Waals surface area contributed by atoms with Crippen LogP contribution in [0.2, 0.25) is 0 Å². The fourth-order valence-electron chi connectivity index (χ4n) is 1.59. The molecule has 0 heterocycles. The van der Waals surface area contributed by atoms with Crippen molar-refractivity contribution in [2.24, 2.45) is 0 Å². The summed E-state index contributed by atoms with van der Waals surface area (Å²) in [7, 11) is 0. The van der Waals surface area contributed by atoms with Crippen molar-refractivity contribution in [1.29, 1.82) is 5.26 Å². The standard InChI is InChI=1S/C14H10F2N2O/c15-11-1-2-13(18)14(6-11)19-8-10-3-9(7-17)4-12(16)5-10/h1-6H,8,18H2. The summed E-state index contributed by atoms with van der Waals surface area (Å²) in [5.41, 5.74) is 6.58. The van der Waals surface area contributed by atoms with Gasteiger partial charge in [-0.15, -0.1) is 0 Å². The lowest BCUT2D eigenvalue weighted by Crippen LogP contribution is -2.00. The van der Waals surface area contributed by atoms with Crippen LogP contribution in [0.25, 0.3) is 0 Å². The van der Waals surface area contributed by atoms with Crippen LogP contribution in [0.1, 0.15) is 11.1 Å². The first-order chi connectivity index (χ1) is 9.08. The Bertz CT molecular complexity index is 650. The molecule has 5 heteroatoms. The summed E-state index contributed by atoms with van der Waals surface area (Å²) in [4.78, 5) is 0. The SMILES string of the molecule is N#Cc1cc(F)cc(COc2cc(F)ccc2N)c1. The Balaban J connectivity index is 2.17. The Labute approximate surface area is 108 Å². The van der Waals surface area contributed by atoms with Crippen LogP contribution in [0.5, 0.6) is 5.75 Å². The Morgan fingerprint density at radius 2 is 1.89 bits per heavy atom. The van der Waals surface area contributed by atoms with Crippen LogP contribution in [0.3, 0.4) is 0 Å². The van der Waals surface area contributed by atoms with Gasteiger partial charge < -0.3 is 10.5 Å². The lowest BCUT2D eigenvalue weighted by molar-refractivity contribution is 0.305. The van der Waals surface area contributed by atoms with E-state index >= 15 is 0 Å². The molecule has 0 bridgehead atoms. The molecule has 0 fully saturated rings. The average Bonchev–Trinajstić information content (AvgIpc) is 2.39. The second-order valence-electron chi connectivity index (χ2n) is 3.93. The third-order valence-corrected chi connectivity index (χ3v) is 2.46. The molecular weight excluding hydrogens is 250 g/mol. The number of nitriles is 1. The molecule has 2 rings (SSSR count). The molecule has 0 atom stereocenters. The number of ether oxygens (including phenoxy) is 1. The van der Waals surface area contributed by atoms with Crippen LogP contribution >= 0.6 is 0 Å². The summed E-state index contributed by atoms with van der Waals surface area (Å²) in [5.74, 6) is -0.811. The molecule has 96 valence electrons. The lowest BCUT2D eigenvalue weighted by Gasteiger charge is -2.09. The Morgan fingerprint density at radius 3 is 2.63 bits per heavy atom. The van der Waals surface area contributed by atoms with Gasteiger partial charge in [0.05, 0.1) is 17.3 Å². The summed E-state index contributed by atoms with van der Waals surface area (Å²) in [6, 6.07) is 9.48. The van der Waals surface area contributed by atoms with E-state index in [4.69, 9.17) is 15.7 Å². The van der Waals surface area contributed by atoms with Gasteiger partial charge >= 0.3 is 0 Å². The number of rotatable bonds is 3. The van der Waals surface area contributed by atoms with E-state index in [1.165, 1.54) is 24.3 Å². The molecule has 0 spiro atoms. The van der Waals surface area contributed by atoms with Crippen molar-refractivity contribution in [2.45, 2.75) is 6.61 Å². The summed E-state index contributed by atoms with van der Waals surface area (Å²) in [5, 5.41) is 8.73. The average molecular weight is 260 g/mol. The maximum absolute atomic E-state index is 13.2.